The summed E-state index contributed by atoms with van der Waals surface area (Å²) >= 11 is 0. The maximum Gasteiger partial charge on any atom is 0.231 e. The maximum atomic E-state index is 12.4. The second kappa shape index (κ2) is 5.65. The summed E-state index contributed by atoms with van der Waals surface area (Å²) in [5, 5.41) is 9.04. The van der Waals surface area contributed by atoms with Crippen LogP contribution in [0.2, 0.25) is 0 Å². The minimum atomic E-state index is -0.461. The van der Waals surface area contributed by atoms with E-state index in [2.05, 4.69) is 6.07 Å². The van der Waals surface area contributed by atoms with E-state index in [0.29, 0.717) is 19.8 Å². The number of amides is 1. The molecule has 0 aliphatic carbocycles. The number of benzene rings is 1. The molecule has 0 N–H and O–H groups in total. The lowest BCUT2D eigenvalue weighted by atomic mass is 9.99. The summed E-state index contributed by atoms with van der Waals surface area (Å²) in [7, 11) is 0. The molecular formula is C14H16N2O2. The summed E-state index contributed by atoms with van der Waals surface area (Å²) in [5.74, 6) is -0.226. The number of ether oxygens (including phenoxy) is 1. The summed E-state index contributed by atoms with van der Waals surface area (Å²) in [4.78, 5) is 14.0. The number of nitrogens with zero attached hydrogens (tertiary/aromatic N) is 2. The first-order valence-electron chi connectivity index (χ1n) is 6.07. The molecule has 1 aliphatic heterocycles. The molecule has 0 radical (unpaired) electrons. The van der Waals surface area contributed by atoms with Gasteiger partial charge < -0.3 is 9.64 Å². The Morgan fingerprint density at radius 3 is 2.89 bits per heavy atom. The predicted molar refractivity (Wildman–Crippen MR) is 66.8 cm³/mol. The Kier molecular flexibility index (Phi) is 3.96. The molecule has 0 bridgehead atoms. The molecule has 0 saturated carbocycles. The molecule has 2 atom stereocenters. The van der Waals surface area contributed by atoms with Crippen LogP contribution in [0.3, 0.4) is 0 Å². The van der Waals surface area contributed by atoms with Crippen molar-refractivity contribution in [2.24, 2.45) is 0 Å². The quantitative estimate of drug-likeness (QED) is 0.793. The van der Waals surface area contributed by atoms with Gasteiger partial charge >= 0.3 is 0 Å². The second-order valence-electron chi connectivity index (χ2n) is 4.38. The number of nitriles is 1. The van der Waals surface area contributed by atoms with Gasteiger partial charge in [0, 0.05) is 6.54 Å². The molecule has 1 amide bonds. The molecule has 1 aliphatic rings. The first kappa shape index (κ1) is 12.6. The molecular weight excluding hydrogens is 228 g/mol. The topological polar surface area (TPSA) is 53.3 Å². The zero-order valence-electron chi connectivity index (χ0n) is 10.4. The van der Waals surface area contributed by atoms with Gasteiger partial charge in [0.2, 0.25) is 5.91 Å². The molecule has 94 valence electrons. The van der Waals surface area contributed by atoms with E-state index in [0.717, 1.165) is 5.56 Å². The van der Waals surface area contributed by atoms with E-state index in [1.54, 1.807) is 4.90 Å². The molecule has 1 fully saturated rings. The first-order valence-corrected chi connectivity index (χ1v) is 6.07. The minimum absolute atomic E-state index is 0.00366. The predicted octanol–water partition coefficient (Wildman–Crippen LogP) is 1.54. The Balaban J connectivity index is 2.13. The van der Waals surface area contributed by atoms with Gasteiger partial charge in [0.25, 0.3) is 0 Å². The van der Waals surface area contributed by atoms with Gasteiger partial charge in [-0.15, -0.1) is 0 Å². The summed E-state index contributed by atoms with van der Waals surface area (Å²) < 4.78 is 5.22. The van der Waals surface area contributed by atoms with Crippen molar-refractivity contribution < 1.29 is 9.53 Å². The molecule has 4 nitrogen and oxygen atoms in total. The summed E-state index contributed by atoms with van der Waals surface area (Å²) in [6.45, 7) is 3.19. The number of hydrogen-bond acceptors (Lipinski definition) is 3. The lowest BCUT2D eigenvalue weighted by Crippen LogP contribution is -2.49. The van der Waals surface area contributed by atoms with Crippen LogP contribution in [0, 0.1) is 11.3 Å². The number of carbonyl (C=O) groups excluding carboxylic acids is 1. The Morgan fingerprint density at radius 1 is 1.50 bits per heavy atom. The van der Waals surface area contributed by atoms with Crippen LogP contribution in [-0.4, -0.2) is 36.6 Å². The van der Waals surface area contributed by atoms with Crippen LogP contribution >= 0.6 is 0 Å². The van der Waals surface area contributed by atoms with Crippen molar-refractivity contribution in [3.63, 3.8) is 0 Å². The highest BCUT2D eigenvalue weighted by Crippen LogP contribution is 2.20. The highest BCUT2D eigenvalue weighted by atomic mass is 16.5. The van der Waals surface area contributed by atoms with Gasteiger partial charge in [-0.05, 0) is 12.5 Å². The third kappa shape index (κ3) is 2.52. The fourth-order valence-electron chi connectivity index (χ4n) is 2.11. The zero-order valence-corrected chi connectivity index (χ0v) is 10.4. The second-order valence-corrected chi connectivity index (χ2v) is 4.38. The molecule has 1 saturated heterocycles. The molecule has 18 heavy (non-hydrogen) atoms. The van der Waals surface area contributed by atoms with Crippen LogP contribution in [0.25, 0.3) is 0 Å². The van der Waals surface area contributed by atoms with E-state index >= 15 is 0 Å². The highest BCUT2D eigenvalue weighted by molar-refractivity contribution is 5.84. The smallest absolute Gasteiger partial charge is 0.231 e. The van der Waals surface area contributed by atoms with Gasteiger partial charge in [0.05, 0.1) is 25.2 Å². The van der Waals surface area contributed by atoms with E-state index in [-0.39, 0.29) is 11.8 Å². The third-order valence-corrected chi connectivity index (χ3v) is 3.23. The Labute approximate surface area is 107 Å². The zero-order chi connectivity index (χ0) is 13.0. The van der Waals surface area contributed by atoms with Crippen LogP contribution < -0.4 is 0 Å². The summed E-state index contributed by atoms with van der Waals surface area (Å²) in [6.07, 6.45) is 0. The van der Waals surface area contributed by atoms with Crippen molar-refractivity contribution in [2.75, 3.05) is 19.8 Å². The Bertz CT molecular complexity index is 453. The average molecular weight is 244 g/mol. The Hall–Kier alpha value is -1.86. The van der Waals surface area contributed by atoms with Gasteiger partial charge in [-0.2, -0.15) is 5.26 Å². The molecule has 0 spiro atoms. The fourth-order valence-corrected chi connectivity index (χ4v) is 2.11. The standard InChI is InChI=1S/C14H16N2O2/c1-11(12-5-3-2-4-6-12)14(17)16-7-8-18-10-13(16)9-15/h2-6,11,13H,7-8,10H2,1H3/t11-,13+/m0/s1. The van der Waals surface area contributed by atoms with Gasteiger partial charge in [-0.3, -0.25) is 4.79 Å². The molecule has 0 unspecified atom stereocenters. The van der Waals surface area contributed by atoms with E-state index < -0.39 is 6.04 Å². The SMILES string of the molecule is C[C@H](C(=O)N1CCOC[C@H]1C#N)c1ccccc1. The molecule has 1 aromatic rings. The number of carbonyl (C=O) groups is 1. The third-order valence-electron chi connectivity index (χ3n) is 3.23. The van der Waals surface area contributed by atoms with E-state index in [4.69, 9.17) is 10.00 Å². The highest BCUT2D eigenvalue weighted by Gasteiger charge is 2.30. The van der Waals surface area contributed by atoms with Crippen LogP contribution in [-0.2, 0) is 9.53 Å². The summed E-state index contributed by atoms with van der Waals surface area (Å²) in [6, 6.07) is 11.3. The molecule has 2 rings (SSSR count). The number of rotatable bonds is 2. The van der Waals surface area contributed by atoms with Gasteiger partial charge in [0.1, 0.15) is 6.04 Å². The van der Waals surface area contributed by atoms with Crippen molar-refractivity contribution in [1.82, 2.24) is 4.90 Å². The minimum Gasteiger partial charge on any atom is -0.376 e. The van der Waals surface area contributed by atoms with Crippen molar-refractivity contribution >= 4 is 5.91 Å². The lowest BCUT2D eigenvalue weighted by molar-refractivity contribution is -0.139. The van der Waals surface area contributed by atoms with Crippen LogP contribution in [0.15, 0.2) is 30.3 Å². The van der Waals surface area contributed by atoms with Gasteiger partial charge in [-0.1, -0.05) is 30.3 Å². The molecule has 1 aromatic carbocycles. The van der Waals surface area contributed by atoms with E-state index in [9.17, 15) is 4.79 Å². The van der Waals surface area contributed by atoms with E-state index in [1.165, 1.54) is 0 Å². The van der Waals surface area contributed by atoms with Crippen molar-refractivity contribution in [3.8, 4) is 6.07 Å². The van der Waals surface area contributed by atoms with Gasteiger partial charge in [0.15, 0.2) is 0 Å². The maximum absolute atomic E-state index is 12.4. The molecule has 4 heteroatoms. The monoisotopic (exact) mass is 244 g/mol. The number of hydrogen-bond donors (Lipinski definition) is 0. The van der Waals surface area contributed by atoms with Gasteiger partial charge in [-0.25, -0.2) is 0 Å². The van der Waals surface area contributed by atoms with Crippen molar-refractivity contribution in [3.05, 3.63) is 35.9 Å². The fraction of sp³-hybridized carbons (Fsp3) is 0.429. The van der Waals surface area contributed by atoms with Crippen LogP contribution in [0.1, 0.15) is 18.4 Å². The van der Waals surface area contributed by atoms with Crippen LogP contribution in [0.4, 0.5) is 0 Å². The number of morpholine rings is 1. The average Bonchev–Trinajstić information content (AvgIpc) is 2.46. The van der Waals surface area contributed by atoms with Crippen molar-refractivity contribution in [1.29, 1.82) is 5.26 Å². The normalized spacial score (nSPS) is 21.1. The van der Waals surface area contributed by atoms with E-state index in [1.807, 2.05) is 37.3 Å². The molecule has 1 heterocycles. The first-order chi connectivity index (χ1) is 8.74. The van der Waals surface area contributed by atoms with Crippen LogP contribution in [0.5, 0.6) is 0 Å². The largest absolute Gasteiger partial charge is 0.376 e. The lowest BCUT2D eigenvalue weighted by Gasteiger charge is -2.33. The molecule has 0 aromatic heterocycles. The Morgan fingerprint density at radius 2 is 2.22 bits per heavy atom. The summed E-state index contributed by atoms with van der Waals surface area (Å²) in [5.41, 5.74) is 0.977. The van der Waals surface area contributed by atoms with Crippen molar-refractivity contribution in [2.45, 2.75) is 18.9 Å².